The third-order valence-corrected chi connectivity index (χ3v) is 8.54. The van der Waals surface area contributed by atoms with E-state index in [1.54, 1.807) is 7.11 Å². The Bertz CT molecular complexity index is 1060. The van der Waals surface area contributed by atoms with Gasteiger partial charge in [-0.05, 0) is 79.8 Å². The van der Waals surface area contributed by atoms with E-state index in [1.165, 1.54) is 38.5 Å². The van der Waals surface area contributed by atoms with E-state index in [2.05, 4.69) is 23.5 Å². The first kappa shape index (κ1) is 27.0. The summed E-state index contributed by atoms with van der Waals surface area (Å²) < 4.78 is 23.5. The number of hydrogen-bond donors (Lipinski definition) is 1. The smallest absolute Gasteiger partial charge is 0.251 e. The van der Waals surface area contributed by atoms with E-state index in [1.807, 2.05) is 18.2 Å². The molecule has 0 radical (unpaired) electrons. The first-order valence-corrected chi connectivity index (χ1v) is 14.6. The minimum absolute atomic E-state index is 0.0731. The molecule has 2 aromatic rings. The maximum Gasteiger partial charge on any atom is 0.251 e. The molecule has 3 aliphatic rings. The number of carbonyl (C=O) groups excluding carboxylic acids is 1. The van der Waals surface area contributed by atoms with Gasteiger partial charge in [0.25, 0.3) is 5.91 Å². The number of amides is 1. The van der Waals surface area contributed by atoms with Crippen LogP contribution in [0.1, 0.15) is 80.1 Å². The number of hydrogen-bond acceptors (Lipinski definition) is 5. The molecule has 206 valence electrons. The lowest BCUT2D eigenvalue weighted by atomic mass is 9.79. The Morgan fingerprint density at radius 3 is 2.42 bits per heavy atom. The van der Waals surface area contributed by atoms with Crippen molar-refractivity contribution >= 4 is 5.91 Å². The van der Waals surface area contributed by atoms with Crippen molar-refractivity contribution in [1.29, 1.82) is 0 Å². The quantitative estimate of drug-likeness (QED) is 0.448. The molecule has 6 heteroatoms. The van der Waals surface area contributed by atoms with Crippen LogP contribution in [0.3, 0.4) is 0 Å². The summed E-state index contributed by atoms with van der Waals surface area (Å²) >= 11 is 0. The van der Waals surface area contributed by atoms with Gasteiger partial charge in [-0.1, -0.05) is 38.2 Å². The Kier molecular flexibility index (Phi) is 9.58. The third kappa shape index (κ3) is 7.09. The van der Waals surface area contributed by atoms with Crippen molar-refractivity contribution in [3.63, 3.8) is 0 Å². The minimum Gasteiger partial charge on any atom is -0.496 e. The summed E-state index contributed by atoms with van der Waals surface area (Å²) in [5, 5.41) is 3.13. The zero-order valence-corrected chi connectivity index (χ0v) is 22.8. The highest BCUT2D eigenvalue weighted by Gasteiger charge is 2.21. The average molecular weight is 522 g/mol. The fourth-order valence-corrected chi connectivity index (χ4v) is 5.86. The van der Waals surface area contributed by atoms with E-state index in [0.29, 0.717) is 31.1 Å². The molecule has 38 heavy (non-hydrogen) atoms. The molecule has 2 aliphatic heterocycles. The third-order valence-electron chi connectivity index (χ3n) is 8.54. The zero-order valence-electron chi connectivity index (χ0n) is 22.8. The standard InChI is InChI=1S/C32H43NO5/c1-35-31-21-26(32(34)33-28-14-17-36-18-15-28)9-11-29(31)25-10-12-30-27(20-25)22-37-16-3-6-24(13-19-38-30)8-7-23-4-2-5-23/h9-12,20-21,23-24,28H,2-8,13-19,22H2,1H3,(H,33,34). The summed E-state index contributed by atoms with van der Waals surface area (Å²) in [6.45, 7) is 3.45. The van der Waals surface area contributed by atoms with Crippen molar-refractivity contribution in [2.24, 2.45) is 11.8 Å². The van der Waals surface area contributed by atoms with Crippen LogP contribution in [-0.4, -0.2) is 45.5 Å². The minimum atomic E-state index is -0.0731. The lowest BCUT2D eigenvalue weighted by Gasteiger charge is -2.27. The normalized spacial score (nSPS) is 21.3. The zero-order chi connectivity index (χ0) is 26.2. The molecule has 2 aromatic carbocycles. The van der Waals surface area contributed by atoms with Crippen LogP contribution in [0.4, 0.5) is 0 Å². The number of rotatable bonds is 7. The molecule has 1 unspecified atom stereocenters. The van der Waals surface area contributed by atoms with Crippen LogP contribution in [0.25, 0.3) is 11.1 Å². The van der Waals surface area contributed by atoms with E-state index < -0.39 is 0 Å². The monoisotopic (exact) mass is 521 g/mol. The fraction of sp³-hybridized carbons (Fsp3) is 0.594. The van der Waals surface area contributed by atoms with Crippen LogP contribution in [0.15, 0.2) is 36.4 Å². The highest BCUT2D eigenvalue weighted by Crippen LogP contribution is 2.36. The van der Waals surface area contributed by atoms with Crippen LogP contribution >= 0.6 is 0 Å². The van der Waals surface area contributed by atoms with Crippen LogP contribution in [0.2, 0.25) is 0 Å². The molecule has 1 saturated carbocycles. The molecule has 0 bridgehead atoms. The lowest BCUT2D eigenvalue weighted by molar-refractivity contribution is 0.0696. The lowest BCUT2D eigenvalue weighted by Crippen LogP contribution is -2.38. The number of benzene rings is 2. The molecular weight excluding hydrogens is 478 g/mol. The van der Waals surface area contributed by atoms with Gasteiger partial charge in [0.15, 0.2) is 0 Å². The highest BCUT2D eigenvalue weighted by atomic mass is 16.5. The van der Waals surface area contributed by atoms with Gasteiger partial charge in [-0.25, -0.2) is 0 Å². The second-order valence-corrected chi connectivity index (χ2v) is 11.2. The van der Waals surface area contributed by atoms with E-state index in [-0.39, 0.29) is 11.9 Å². The van der Waals surface area contributed by atoms with Gasteiger partial charge in [0, 0.05) is 42.6 Å². The first-order chi connectivity index (χ1) is 18.7. The Labute approximate surface area is 227 Å². The van der Waals surface area contributed by atoms with Crippen LogP contribution in [-0.2, 0) is 16.1 Å². The summed E-state index contributed by atoms with van der Waals surface area (Å²) in [6.07, 6.45) is 12.1. The highest BCUT2D eigenvalue weighted by molar-refractivity contribution is 5.95. The molecule has 0 spiro atoms. The molecule has 6 nitrogen and oxygen atoms in total. The molecule has 1 saturated heterocycles. The predicted molar refractivity (Wildman–Crippen MR) is 149 cm³/mol. The van der Waals surface area contributed by atoms with Crippen molar-refractivity contribution in [3.8, 4) is 22.6 Å². The largest absolute Gasteiger partial charge is 0.496 e. The van der Waals surface area contributed by atoms with Gasteiger partial charge < -0.3 is 24.3 Å². The van der Waals surface area contributed by atoms with Gasteiger partial charge in [-0.2, -0.15) is 0 Å². The van der Waals surface area contributed by atoms with Gasteiger partial charge in [-0.15, -0.1) is 0 Å². The fourth-order valence-electron chi connectivity index (χ4n) is 5.86. The molecule has 0 aromatic heterocycles. The van der Waals surface area contributed by atoms with Crippen LogP contribution < -0.4 is 14.8 Å². The number of methoxy groups -OCH3 is 1. The van der Waals surface area contributed by atoms with Gasteiger partial charge >= 0.3 is 0 Å². The second-order valence-electron chi connectivity index (χ2n) is 11.2. The Balaban J connectivity index is 1.26. The Morgan fingerprint density at radius 1 is 0.868 bits per heavy atom. The summed E-state index contributed by atoms with van der Waals surface area (Å²) in [7, 11) is 1.65. The molecule has 1 aliphatic carbocycles. The molecular formula is C32H43NO5. The molecule has 2 fully saturated rings. The van der Waals surface area contributed by atoms with Crippen molar-refractivity contribution in [3.05, 3.63) is 47.5 Å². The summed E-state index contributed by atoms with van der Waals surface area (Å²) in [6, 6.07) is 12.1. The van der Waals surface area contributed by atoms with Crippen LogP contribution in [0.5, 0.6) is 11.5 Å². The topological polar surface area (TPSA) is 66.0 Å². The van der Waals surface area contributed by atoms with Gasteiger partial charge in [0.05, 0.1) is 20.3 Å². The van der Waals surface area contributed by atoms with Crippen molar-refractivity contribution in [2.45, 2.75) is 76.9 Å². The van der Waals surface area contributed by atoms with Crippen molar-refractivity contribution < 1.29 is 23.7 Å². The first-order valence-electron chi connectivity index (χ1n) is 14.6. The molecule has 2 heterocycles. The summed E-state index contributed by atoms with van der Waals surface area (Å²) in [5.41, 5.74) is 3.63. The molecule has 1 N–H and O–H groups in total. The predicted octanol–water partition coefficient (Wildman–Crippen LogP) is 6.55. The van der Waals surface area contributed by atoms with Crippen LogP contribution in [0, 0.1) is 11.8 Å². The van der Waals surface area contributed by atoms with E-state index in [9.17, 15) is 4.79 Å². The summed E-state index contributed by atoms with van der Waals surface area (Å²) in [5.74, 6) is 3.21. The van der Waals surface area contributed by atoms with Gasteiger partial charge in [0.1, 0.15) is 11.5 Å². The van der Waals surface area contributed by atoms with Gasteiger partial charge in [-0.3, -0.25) is 4.79 Å². The second kappa shape index (κ2) is 13.5. The number of fused-ring (bicyclic) bond motifs is 1. The van der Waals surface area contributed by atoms with Crippen molar-refractivity contribution in [2.75, 3.05) is 33.5 Å². The maximum absolute atomic E-state index is 12.9. The van der Waals surface area contributed by atoms with E-state index in [4.69, 9.17) is 18.9 Å². The average Bonchev–Trinajstić information content (AvgIpc) is 2.96. The molecule has 1 amide bonds. The Hall–Kier alpha value is -2.57. The number of ether oxygens (including phenoxy) is 4. The SMILES string of the molecule is COc1cc(C(=O)NC2CCOCC2)ccc1-c1ccc2c(c1)COCCCC(CCC1CCC1)CCO2. The van der Waals surface area contributed by atoms with Crippen molar-refractivity contribution in [1.82, 2.24) is 5.32 Å². The number of nitrogens with one attached hydrogen (secondary N) is 1. The maximum atomic E-state index is 12.9. The van der Waals surface area contributed by atoms with Gasteiger partial charge in [0.2, 0.25) is 0 Å². The molecule has 5 rings (SSSR count). The number of carbonyl (C=O) groups is 1. The Morgan fingerprint density at radius 2 is 1.66 bits per heavy atom. The van der Waals surface area contributed by atoms with E-state index >= 15 is 0 Å². The molecule has 1 atom stereocenters. The summed E-state index contributed by atoms with van der Waals surface area (Å²) in [4.78, 5) is 12.9. The van der Waals surface area contributed by atoms with E-state index in [0.717, 1.165) is 73.2 Å².